The summed E-state index contributed by atoms with van der Waals surface area (Å²) in [7, 11) is 0. The standard InChI is InChI=1S/C12H16BrN5O2/c13-11-5-9(18(19)20)6-15-12(11)17-7-10(8-17)16-3-1-14-2-4-16/h5-6,10,14H,1-4,7-8H2. The van der Waals surface area contributed by atoms with Crippen LogP contribution in [0.15, 0.2) is 16.7 Å². The van der Waals surface area contributed by atoms with Crippen LogP contribution in [0.1, 0.15) is 0 Å². The van der Waals surface area contributed by atoms with Gasteiger partial charge in [0.05, 0.1) is 9.40 Å². The normalized spacial score (nSPS) is 20.8. The largest absolute Gasteiger partial charge is 0.352 e. The minimum atomic E-state index is -0.429. The molecular formula is C12H16BrN5O2. The van der Waals surface area contributed by atoms with Gasteiger partial charge in [0.15, 0.2) is 0 Å². The molecule has 0 unspecified atom stereocenters. The van der Waals surface area contributed by atoms with Crippen LogP contribution in [-0.2, 0) is 0 Å². The number of hydrogen-bond acceptors (Lipinski definition) is 6. The first-order chi connectivity index (χ1) is 9.65. The predicted molar refractivity (Wildman–Crippen MR) is 79.0 cm³/mol. The van der Waals surface area contributed by atoms with Crippen LogP contribution < -0.4 is 10.2 Å². The van der Waals surface area contributed by atoms with E-state index in [1.165, 1.54) is 12.3 Å². The number of rotatable bonds is 3. The molecule has 0 aliphatic carbocycles. The molecule has 1 aromatic heterocycles. The monoisotopic (exact) mass is 341 g/mol. The van der Waals surface area contributed by atoms with Gasteiger partial charge in [-0.1, -0.05) is 0 Å². The van der Waals surface area contributed by atoms with Crippen molar-refractivity contribution in [3.05, 3.63) is 26.9 Å². The summed E-state index contributed by atoms with van der Waals surface area (Å²) in [6.07, 6.45) is 1.32. The van der Waals surface area contributed by atoms with Gasteiger partial charge in [0, 0.05) is 51.4 Å². The SMILES string of the molecule is O=[N+]([O-])c1cnc(N2CC(N3CCNCC3)C2)c(Br)c1. The molecule has 0 saturated carbocycles. The summed E-state index contributed by atoms with van der Waals surface area (Å²) in [5.74, 6) is 0.794. The molecular weight excluding hydrogens is 326 g/mol. The van der Waals surface area contributed by atoms with Crippen molar-refractivity contribution >= 4 is 27.4 Å². The van der Waals surface area contributed by atoms with Crippen molar-refractivity contribution < 1.29 is 4.92 Å². The molecule has 3 heterocycles. The molecule has 0 spiro atoms. The van der Waals surface area contributed by atoms with Gasteiger partial charge < -0.3 is 10.2 Å². The lowest BCUT2D eigenvalue weighted by atomic mass is 10.1. The molecule has 108 valence electrons. The van der Waals surface area contributed by atoms with Gasteiger partial charge in [-0.05, 0) is 15.9 Å². The second kappa shape index (κ2) is 5.63. The molecule has 1 aromatic rings. The Hall–Kier alpha value is -1.25. The zero-order chi connectivity index (χ0) is 14.1. The van der Waals surface area contributed by atoms with E-state index in [-0.39, 0.29) is 5.69 Å². The number of pyridine rings is 1. The predicted octanol–water partition coefficient (Wildman–Crippen LogP) is 0.846. The number of nitrogens with zero attached hydrogens (tertiary/aromatic N) is 4. The van der Waals surface area contributed by atoms with Crippen molar-refractivity contribution in [3.63, 3.8) is 0 Å². The highest BCUT2D eigenvalue weighted by Gasteiger charge is 2.34. The Labute approximate surface area is 125 Å². The number of anilines is 1. The first-order valence-corrected chi connectivity index (χ1v) is 7.44. The van der Waals surface area contributed by atoms with Crippen LogP contribution in [0.2, 0.25) is 0 Å². The summed E-state index contributed by atoms with van der Waals surface area (Å²) < 4.78 is 0.686. The Morgan fingerprint density at radius 1 is 1.40 bits per heavy atom. The molecule has 2 saturated heterocycles. The summed E-state index contributed by atoms with van der Waals surface area (Å²) in [5.41, 5.74) is 0.0137. The number of nitro groups is 1. The molecule has 0 aromatic carbocycles. The van der Waals surface area contributed by atoms with Crippen LogP contribution in [-0.4, -0.2) is 60.1 Å². The zero-order valence-corrected chi connectivity index (χ0v) is 12.5. The molecule has 20 heavy (non-hydrogen) atoms. The Balaban J connectivity index is 1.63. The van der Waals surface area contributed by atoms with Gasteiger partial charge in [-0.15, -0.1) is 0 Å². The van der Waals surface area contributed by atoms with Crippen LogP contribution >= 0.6 is 15.9 Å². The van der Waals surface area contributed by atoms with Gasteiger partial charge in [-0.3, -0.25) is 15.0 Å². The maximum atomic E-state index is 10.7. The molecule has 2 aliphatic heterocycles. The van der Waals surface area contributed by atoms with E-state index in [2.05, 4.69) is 36.0 Å². The fourth-order valence-electron chi connectivity index (χ4n) is 2.66. The second-order valence-corrected chi connectivity index (χ2v) is 5.96. The molecule has 0 radical (unpaired) electrons. The smallest absolute Gasteiger partial charge is 0.288 e. The molecule has 7 nitrogen and oxygen atoms in total. The van der Waals surface area contributed by atoms with Crippen molar-refractivity contribution in [1.29, 1.82) is 0 Å². The van der Waals surface area contributed by atoms with Crippen molar-refractivity contribution in [2.45, 2.75) is 6.04 Å². The van der Waals surface area contributed by atoms with E-state index in [9.17, 15) is 10.1 Å². The lowest BCUT2D eigenvalue weighted by Crippen LogP contribution is -2.63. The van der Waals surface area contributed by atoms with Crippen LogP contribution in [0, 0.1) is 10.1 Å². The fourth-order valence-corrected chi connectivity index (χ4v) is 3.25. The minimum Gasteiger partial charge on any atom is -0.352 e. The molecule has 0 atom stereocenters. The Morgan fingerprint density at radius 3 is 2.70 bits per heavy atom. The first kappa shape index (κ1) is 13.7. The molecule has 2 fully saturated rings. The second-order valence-electron chi connectivity index (χ2n) is 5.10. The highest BCUT2D eigenvalue weighted by atomic mass is 79.9. The van der Waals surface area contributed by atoms with Gasteiger partial charge in [-0.2, -0.15) is 0 Å². The first-order valence-electron chi connectivity index (χ1n) is 6.65. The number of aromatic nitrogens is 1. The van der Waals surface area contributed by atoms with Crippen molar-refractivity contribution in [2.75, 3.05) is 44.2 Å². The molecule has 3 rings (SSSR count). The number of halogens is 1. The maximum absolute atomic E-state index is 10.7. The lowest BCUT2D eigenvalue weighted by Gasteiger charge is -2.47. The number of piperazine rings is 1. The molecule has 0 bridgehead atoms. The van der Waals surface area contributed by atoms with Crippen molar-refractivity contribution in [1.82, 2.24) is 15.2 Å². The van der Waals surface area contributed by atoms with Crippen LogP contribution in [0.4, 0.5) is 11.5 Å². The molecule has 1 N–H and O–H groups in total. The quantitative estimate of drug-likeness (QED) is 0.648. The van der Waals surface area contributed by atoms with E-state index in [1.54, 1.807) is 0 Å². The zero-order valence-electron chi connectivity index (χ0n) is 11.0. The van der Waals surface area contributed by atoms with E-state index in [1.807, 2.05) is 0 Å². The lowest BCUT2D eigenvalue weighted by molar-refractivity contribution is -0.385. The minimum absolute atomic E-state index is 0.0137. The third-order valence-electron chi connectivity index (χ3n) is 3.85. The number of hydrogen-bond donors (Lipinski definition) is 1. The average molecular weight is 342 g/mol. The Kier molecular flexibility index (Phi) is 3.86. The fraction of sp³-hybridized carbons (Fsp3) is 0.583. The highest BCUT2D eigenvalue weighted by Crippen LogP contribution is 2.31. The molecule has 0 amide bonds. The van der Waals surface area contributed by atoms with Crippen molar-refractivity contribution in [3.8, 4) is 0 Å². The van der Waals surface area contributed by atoms with E-state index < -0.39 is 4.92 Å². The van der Waals surface area contributed by atoms with Crippen molar-refractivity contribution in [2.24, 2.45) is 0 Å². The summed E-state index contributed by atoms with van der Waals surface area (Å²) in [6.45, 7) is 6.15. The third kappa shape index (κ3) is 2.63. The third-order valence-corrected chi connectivity index (χ3v) is 4.43. The highest BCUT2D eigenvalue weighted by molar-refractivity contribution is 9.10. The Bertz CT molecular complexity index is 515. The Morgan fingerprint density at radius 2 is 2.10 bits per heavy atom. The van der Waals surface area contributed by atoms with Gasteiger partial charge >= 0.3 is 0 Å². The molecule has 2 aliphatic rings. The van der Waals surface area contributed by atoms with Gasteiger partial charge in [0.1, 0.15) is 12.0 Å². The summed E-state index contributed by atoms with van der Waals surface area (Å²) in [4.78, 5) is 19.1. The summed E-state index contributed by atoms with van der Waals surface area (Å²) in [5, 5.41) is 14.0. The topological polar surface area (TPSA) is 74.5 Å². The number of nitrogens with one attached hydrogen (secondary N) is 1. The van der Waals surface area contributed by atoms with E-state index in [0.29, 0.717) is 10.5 Å². The maximum Gasteiger partial charge on any atom is 0.288 e. The van der Waals surface area contributed by atoms with Crippen LogP contribution in [0.3, 0.4) is 0 Å². The molecule has 8 heteroatoms. The van der Waals surface area contributed by atoms with Gasteiger partial charge in [-0.25, -0.2) is 4.98 Å². The van der Waals surface area contributed by atoms with Gasteiger partial charge in [0.2, 0.25) is 0 Å². The summed E-state index contributed by atoms with van der Waals surface area (Å²) in [6, 6.07) is 2.08. The van der Waals surface area contributed by atoms with Crippen LogP contribution in [0.5, 0.6) is 0 Å². The summed E-state index contributed by atoms with van der Waals surface area (Å²) >= 11 is 3.37. The van der Waals surface area contributed by atoms with E-state index >= 15 is 0 Å². The average Bonchev–Trinajstić information content (AvgIpc) is 2.40. The van der Waals surface area contributed by atoms with E-state index in [0.717, 1.165) is 45.1 Å². The van der Waals surface area contributed by atoms with Crippen LogP contribution in [0.25, 0.3) is 0 Å². The van der Waals surface area contributed by atoms with E-state index in [4.69, 9.17) is 0 Å². The van der Waals surface area contributed by atoms with Gasteiger partial charge in [0.25, 0.3) is 5.69 Å².